The van der Waals surface area contributed by atoms with E-state index >= 15 is 0 Å². The molecule has 2 aromatic carbocycles. The van der Waals surface area contributed by atoms with Gasteiger partial charge in [0.2, 0.25) is 0 Å². The van der Waals surface area contributed by atoms with Crippen molar-refractivity contribution in [3.05, 3.63) is 101 Å². The van der Waals surface area contributed by atoms with Crippen LogP contribution in [0.5, 0.6) is 5.75 Å². The second-order valence-electron chi connectivity index (χ2n) is 8.16. The number of nitrogens with two attached hydrogens (primary N) is 1. The number of alkyl halides is 3. The molecule has 188 valence electrons. The summed E-state index contributed by atoms with van der Waals surface area (Å²) < 4.78 is 55.2. The number of benzene rings is 2. The van der Waals surface area contributed by atoms with Gasteiger partial charge in [-0.05, 0) is 48.8 Å². The van der Waals surface area contributed by atoms with E-state index in [0.29, 0.717) is 42.4 Å². The van der Waals surface area contributed by atoms with E-state index in [-0.39, 0.29) is 6.04 Å². The van der Waals surface area contributed by atoms with Gasteiger partial charge in [0.05, 0.1) is 39.0 Å². The van der Waals surface area contributed by atoms with E-state index in [1.807, 2.05) is 36.4 Å². The minimum atomic E-state index is -4.37. The lowest BCUT2D eigenvalue weighted by molar-refractivity contribution is -0.137. The van der Waals surface area contributed by atoms with Gasteiger partial charge in [0.25, 0.3) is 0 Å². The molecule has 1 aliphatic rings. The van der Waals surface area contributed by atoms with E-state index in [4.69, 9.17) is 19.9 Å². The second-order valence-corrected chi connectivity index (χ2v) is 8.16. The quantitative estimate of drug-likeness (QED) is 0.472. The molecule has 1 aliphatic carbocycles. The number of hydrogen-bond acceptors (Lipinski definition) is 5. The Kier molecular flexibility index (Phi) is 8.51. The zero-order chi connectivity index (χ0) is 25.6. The number of hydrogen-bond donors (Lipinski definition) is 1. The summed E-state index contributed by atoms with van der Waals surface area (Å²) in [6.07, 6.45) is 0.654. The van der Waals surface area contributed by atoms with Gasteiger partial charge in [0.15, 0.2) is 11.5 Å². The smallest absolute Gasteiger partial charge is 0.416 e. The fraction of sp³-hybridized carbons (Fsp3) is 0.333. The molecule has 8 heteroatoms. The van der Waals surface area contributed by atoms with Crippen LogP contribution in [0.4, 0.5) is 13.2 Å². The number of para-hydroxylation sites is 1. The first-order valence-electron chi connectivity index (χ1n) is 11.2. The fourth-order valence-electron chi connectivity index (χ4n) is 4.14. The Hall–Kier alpha value is -3.39. The number of ether oxygens (including phenoxy) is 3. The van der Waals surface area contributed by atoms with Crippen molar-refractivity contribution in [2.24, 2.45) is 5.73 Å². The predicted octanol–water partition coefficient (Wildman–Crippen LogP) is 5.61. The third-order valence-corrected chi connectivity index (χ3v) is 6.10. The minimum Gasteiger partial charge on any atom is -0.496 e. The summed E-state index contributed by atoms with van der Waals surface area (Å²) in [7, 11) is 4.74. The highest BCUT2D eigenvalue weighted by atomic mass is 19.4. The topological polar surface area (TPSA) is 57.0 Å². The van der Waals surface area contributed by atoms with E-state index in [9.17, 15) is 13.2 Å². The average Bonchev–Trinajstić information content (AvgIpc) is 2.87. The van der Waals surface area contributed by atoms with Crippen LogP contribution in [0.25, 0.3) is 0 Å². The van der Waals surface area contributed by atoms with E-state index in [0.717, 1.165) is 23.3 Å². The lowest BCUT2D eigenvalue weighted by Gasteiger charge is -2.37. The summed E-state index contributed by atoms with van der Waals surface area (Å²) in [5.41, 5.74) is 8.20. The van der Waals surface area contributed by atoms with Crippen molar-refractivity contribution in [3.63, 3.8) is 0 Å². The Morgan fingerprint density at radius 2 is 1.69 bits per heavy atom. The summed E-state index contributed by atoms with van der Waals surface area (Å²) in [4.78, 5) is 2.07. The van der Waals surface area contributed by atoms with E-state index in [1.54, 1.807) is 21.3 Å². The van der Waals surface area contributed by atoms with Crippen LogP contribution in [0, 0.1) is 0 Å². The van der Waals surface area contributed by atoms with Gasteiger partial charge in [-0.15, -0.1) is 0 Å². The Balaban J connectivity index is 1.88. The minimum absolute atomic E-state index is 0.133. The van der Waals surface area contributed by atoms with Crippen molar-refractivity contribution >= 4 is 0 Å². The van der Waals surface area contributed by atoms with Crippen molar-refractivity contribution in [2.45, 2.75) is 31.1 Å². The molecule has 2 atom stereocenters. The van der Waals surface area contributed by atoms with Crippen molar-refractivity contribution in [1.29, 1.82) is 0 Å². The molecular formula is C27H31F3N2O3. The van der Waals surface area contributed by atoms with Gasteiger partial charge in [-0.2, -0.15) is 13.2 Å². The van der Waals surface area contributed by atoms with E-state index < -0.39 is 17.8 Å². The summed E-state index contributed by atoms with van der Waals surface area (Å²) in [6.45, 7) is 4.79. The molecule has 0 spiro atoms. The summed E-state index contributed by atoms with van der Waals surface area (Å²) in [5, 5.41) is 0. The molecular weight excluding hydrogens is 457 g/mol. The van der Waals surface area contributed by atoms with E-state index in [1.165, 1.54) is 12.1 Å². The normalized spacial score (nSPS) is 16.6. The van der Waals surface area contributed by atoms with Gasteiger partial charge < -0.3 is 24.8 Å². The molecule has 0 heterocycles. The molecule has 0 fully saturated rings. The summed E-state index contributed by atoms with van der Waals surface area (Å²) >= 11 is 0. The molecule has 2 N–H and O–H groups in total. The van der Waals surface area contributed by atoms with E-state index in [2.05, 4.69) is 11.5 Å². The zero-order valence-electron chi connectivity index (χ0n) is 20.1. The maximum Gasteiger partial charge on any atom is 0.416 e. The number of nitrogens with zero attached hydrogens (tertiary/aromatic N) is 1. The maximum absolute atomic E-state index is 12.9. The van der Waals surface area contributed by atoms with Gasteiger partial charge in [-0.3, -0.25) is 0 Å². The first kappa shape index (κ1) is 26.2. The van der Waals surface area contributed by atoms with Crippen molar-refractivity contribution in [1.82, 2.24) is 4.90 Å². The molecule has 2 aromatic rings. The third-order valence-electron chi connectivity index (χ3n) is 6.10. The summed E-state index contributed by atoms with van der Waals surface area (Å²) in [6, 6.07) is 12.0. The predicted molar refractivity (Wildman–Crippen MR) is 130 cm³/mol. The lowest BCUT2D eigenvalue weighted by Crippen LogP contribution is -2.39. The number of rotatable bonds is 10. The Morgan fingerprint density at radius 1 is 1.03 bits per heavy atom. The average molecular weight is 489 g/mol. The highest BCUT2D eigenvalue weighted by Gasteiger charge is 2.30. The third kappa shape index (κ3) is 6.19. The Labute approximate surface area is 204 Å². The molecule has 35 heavy (non-hydrogen) atoms. The molecule has 3 rings (SSSR count). The molecule has 2 unspecified atom stereocenters. The molecule has 0 amide bonds. The van der Waals surface area contributed by atoms with Crippen LogP contribution in [-0.2, 0) is 22.1 Å². The molecule has 0 radical (unpaired) electrons. The summed E-state index contributed by atoms with van der Waals surface area (Å²) in [5.74, 6) is 1.90. The van der Waals surface area contributed by atoms with Gasteiger partial charge in [0.1, 0.15) is 5.75 Å². The largest absolute Gasteiger partial charge is 0.496 e. The Bertz CT molecular complexity index is 1080. The van der Waals surface area contributed by atoms with Crippen molar-refractivity contribution in [2.75, 3.05) is 27.9 Å². The number of methoxy groups -OCH3 is 3. The highest BCUT2D eigenvalue weighted by Crippen LogP contribution is 2.33. The van der Waals surface area contributed by atoms with Crippen molar-refractivity contribution < 1.29 is 27.4 Å². The van der Waals surface area contributed by atoms with Crippen LogP contribution in [0.1, 0.15) is 29.2 Å². The number of halogens is 3. The molecule has 0 aromatic heterocycles. The van der Waals surface area contributed by atoms with Crippen LogP contribution in [0.3, 0.4) is 0 Å². The van der Waals surface area contributed by atoms with Gasteiger partial charge in [-0.1, -0.05) is 36.9 Å². The molecule has 0 saturated heterocycles. The molecule has 0 aliphatic heterocycles. The first-order valence-corrected chi connectivity index (χ1v) is 11.2. The van der Waals surface area contributed by atoms with Crippen molar-refractivity contribution in [3.8, 4) is 5.75 Å². The van der Waals surface area contributed by atoms with Crippen LogP contribution in [0.2, 0.25) is 0 Å². The standard InChI is InChI=1S/C27H31F3N2O3/c1-18(26(31)22-7-5-6-8-23(22)33-2)32(21-13-14-24(34-3)25(17-21)35-4)16-15-19-9-11-20(12-10-19)27(28,29)30/h5-12,14,17,21,26H,1,13,15-16,31H2,2-4H3. The fourth-order valence-corrected chi connectivity index (χ4v) is 4.14. The van der Waals surface area contributed by atoms with Gasteiger partial charge in [-0.25, -0.2) is 0 Å². The van der Waals surface area contributed by atoms with Crippen LogP contribution in [-0.4, -0.2) is 38.8 Å². The molecule has 0 bridgehead atoms. The first-order chi connectivity index (χ1) is 16.7. The lowest BCUT2D eigenvalue weighted by atomic mass is 9.98. The SMILES string of the molecule is C=C(C(N)c1ccccc1OC)N(CCc1ccc(C(F)(F)F)cc1)C1C=C(OC)C(OC)=CC1. The van der Waals surface area contributed by atoms with Crippen LogP contribution >= 0.6 is 0 Å². The van der Waals surface area contributed by atoms with Gasteiger partial charge >= 0.3 is 6.18 Å². The Morgan fingerprint density at radius 3 is 2.29 bits per heavy atom. The van der Waals surface area contributed by atoms with Crippen LogP contribution in [0.15, 0.2) is 84.5 Å². The second kappa shape index (κ2) is 11.4. The van der Waals surface area contributed by atoms with Crippen LogP contribution < -0.4 is 10.5 Å². The maximum atomic E-state index is 12.9. The molecule has 0 saturated carbocycles. The van der Waals surface area contributed by atoms with Gasteiger partial charge in [0, 0.05) is 17.8 Å². The molecule has 5 nitrogen and oxygen atoms in total. The zero-order valence-corrected chi connectivity index (χ0v) is 20.1. The highest BCUT2D eigenvalue weighted by molar-refractivity contribution is 5.40. The monoisotopic (exact) mass is 488 g/mol.